The van der Waals surface area contributed by atoms with Crippen LogP contribution in [0.3, 0.4) is 0 Å². The molecule has 0 unspecified atom stereocenters. The van der Waals surface area contributed by atoms with Gasteiger partial charge < -0.3 is 9.30 Å². The van der Waals surface area contributed by atoms with E-state index in [1.807, 2.05) is 30.3 Å². The van der Waals surface area contributed by atoms with Gasteiger partial charge in [0.25, 0.3) is 0 Å². The molecule has 0 aliphatic heterocycles. The predicted molar refractivity (Wildman–Crippen MR) is 86.5 cm³/mol. The van der Waals surface area contributed by atoms with E-state index in [1.165, 1.54) is 11.4 Å². The molecule has 2 nitrogen and oxygen atoms in total. The molecule has 2 heteroatoms. The van der Waals surface area contributed by atoms with Crippen molar-refractivity contribution in [2.45, 2.75) is 20.8 Å². The minimum atomic E-state index is 0.857. The second kappa shape index (κ2) is 5.49. The van der Waals surface area contributed by atoms with Crippen LogP contribution in [0.2, 0.25) is 0 Å². The number of para-hydroxylation sites is 1. The van der Waals surface area contributed by atoms with Crippen LogP contribution in [0.1, 0.15) is 17.0 Å². The zero-order chi connectivity index (χ0) is 14.8. The van der Waals surface area contributed by atoms with Gasteiger partial charge in [0.15, 0.2) is 0 Å². The Morgan fingerprint density at radius 1 is 0.714 bits per heavy atom. The Morgan fingerprint density at radius 3 is 1.95 bits per heavy atom. The van der Waals surface area contributed by atoms with Crippen molar-refractivity contribution < 1.29 is 4.74 Å². The normalized spacial score (nSPS) is 10.6. The molecular formula is C19H19NO. The Kier molecular flexibility index (Phi) is 3.53. The van der Waals surface area contributed by atoms with E-state index >= 15 is 0 Å². The molecule has 0 fully saturated rings. The van der Waals surface area contributed by atoms with E-state index in [0.717, 1.165) is 22.7 Å². The van der Waals surface area contributed by atoms with E-state index in [1.54, 1.807) is 0 Å². The Hall–Kier alpha value is -2.48. The lowest BCUT2D eigenvalue weighted by Gasteiger charge is -2.12. The zero-order valence-corrected chi connectivity index (χ0v) is 12.6. The van der Waals surface area contributed by atoms with Crippen molar-refractivity contribution in [2.75, 3.05) is 0 Å². The summed E-state index contributed by atoms with van der Waals surface area (Å²) in [6.45, 7) is 6.28. The molecule has 21 heavy (non-hydrogen) atoms. The first-order valence-electron chi connectivity index (χ1n) is 7.14. The molecule has 1 aromatic heterocycles. The van der Waals surface area contributed by atoms with E-state index in [2.05, 4.69) is 55.7 Å². The molecule has 1 heterocycles. The van der Waals surface area contributed by atoms with Crippen LogP contribution in [0.5, 0.6) is 11.5 Å². The summed E-state index contributed by atoms with van der Waals surface area (Å²) < 4.78 is 8.17. The topological polar surface area (TPSA) is 14.2 Å². The third-order valence-electron chi connectivity index (χ3n) is 3.69. The van der Waals surface area contributed by atoms with E-state index in [9.17, 15) is 0 Å². The standard InChI is InChI=1S/C19H19NO/c1-14-6-4-5-7-19(14)21-18-12-10-17(11-13-18)20-15(2)8-9-16(20)3/h4-13H,1-3H3. The van der Waals surface area contributed by atoms with Crippen molar-refractivity contribution in [3.8, 4) is 17.2 Å². The quantitative estimate of drug-likeness (QED) is 0.642. The van der Waals surface area contributed by atoms with Crippen LogP contribution in [0.15, 0.2) is 60.7 Å². The Balaban J connectivity index is 1.87. The molecule has 0 bridgehead atoms. The number of hydrogen-bond donors (Lipinski definition) is 0. The average molecular weight is 277 g/mol. The monoisotopic (exact) mass is 277 g/mol. The highest BCUT2D eigenvalue weighted by Crippen LogP contribution is 2.26. The van der Waals surface area contributed by atoms with Gasteiger partial charge in [-0.1, -0.05) is 18.2 Å². The number of rotatable bonds is 3. The first-order chi connectivity index (χ1) is 10.1. The zero-order valence-electron chi connectivity index (χ0n) is 12.6. The largest absolute Gasteiger partial charge is 0.457 e. The van der Waals surface area contributed by atoms with Gasteiger partial charge in [0.05, 0.1) is 0 Å². The molecule has 0 N–H and O–H groups in total. The van der Waals surface area contributed by atoms with Crippen LogP contribution < -0.4 is 4.74 Å². The molecule has 0 atom stereocenters. The van der Waals surface area contributed by atoms with E-state index in [4.69, 9.17) is 4.74 Å². The molecule has 2 aromatic carbocycles. The average Bonchev–Trinajstić information content (AvgIpc) is 2.82. The predicted octanol–water partition coefficient (Wildman–Crippen LogP) is 5.19. The van der Waals surface area contributed by atoms with Crippen molar-refractivity contribution in [1.29, 1.82) is 0 Å². The van der Waals surface area contributed by atoms with Gasteiger partial charge in [-0.15, -0.1) is 0 Å². The maximum absolute atomic E-state index is 5.93. The van der Waals surface area contributed by atoms with E-state index < -0.39 is 0 Å². The molecule has 0 spiro atoms. The molecular weight excluding hydrogens is 258 g/mol. The lowest BCUT2D eigenvalue weighted by Crippen LogP contribution is -1.98. The maximum Gasteiger partial charge on any atom is 0.130 e. The molecule has 106 valence electrons. The van der Waals surface area contributed by atoms with Crippen LogP contribution in [0.25, 0.3) is 5.69 Å². The Morgan fingerprint density at radius 2 is 1.33 bits per heavy atom. The number of benzene rings is 2. The Bertz CT molecular complexity index is 734. The van der Waals surface area contributed by atoms with Gasteiger partial charge in [-0.3, -0.25) is 0 Å². The van der Waals surface area contributed by atoms with E-state index in [0.29, 0.717) is 0 Å². The molecule has 0 amide bonds. The summed E-state index contributed by atoms with van der Waals surface area (Å²) >= 11 is 0. The summed E-state index contributed by atoms with van der Waals surface area (Å²) in [6, 6.07) is 20.5. The summed E-state index contributed by atoms with van der Waals surface area (Å²) in [5, 5.41) is 0. The van der Waals surface area contributed by atoms with Crippen LogP contribution in [0.4, 0.5) is 0 Å². The molecule has 0 aliphatic carbocycles. The number of aryl methyl sites for hydroxylation is 3. The fraction of sp³-hybridized carbons (Fsp3) is 0.158. The number of nitrogens with zero attached hydrogens (tertiary/aromatic N) is 1. The smallest absolute Gasteiger partial charge is 0.130 e. The van der Waals surface area contributed by atoms with Crippen LogP contribution in [-0.4, -0.2) is 4.57 Å². The van der Waals surface area contributed by atoms with Gasteiger partial charge in [-0.05, 0) is 68.8 Å². The highest BCUT2D eigenvalue weighted by atomic mass is 16.5. The Labute approximate surface area is 125 Å². The SMILES string of the molecule is Cc1ccccc1Oc1ccc(-n2c(C)ccc2C)cc1. The van der Waals surface area contributed by atoms with Crippen molar-refractivity contribution in [1.82, 2.24) is 4.57 Å². The third-order valence-corrected chi connectivity index (χ3v) is 3.69. The lowest BCUT2D eigenvalue weighted by molar-refractivity contribution is 0.479. The van der Waals surface area contributed by atoms with Crippen molar-refractivity contribution in [2.24, 2.45) is 0 Å². The third kappa shape index (κ3) is 2.70. The van der Waals surface area contributed by atoms with Gasteiger partial charge in [-0.25, -0.2) is 0 Å². The van der Waals surface area contributed by atoms with Crippen molar-refractivity contribution >= 4 is 0 Å². The summed E-state index contributed by atoms with van der Waals surface area (Å²) in [6.07, 6.45) is 0. The number of aromatic nitrogens is 1. The minimum Gasteiger partial charge on any atom is -0.457 e. The van der Waals surface area contributed by atoms with Gasteiger partial charge in [-0.2, -0.15) is 0 Å². The highest BCUT2D eigenvalue weighted by molar-refractivity contribution is 5.43. The van der Waals surface area contributed by atoms with Crippen LogP contribution in [0, 0.1) is 20.8 Å². The van der Waals surface area contributed by atoms with Crippen molar-refractivity contribution in [3.63, 3.8) is 0 Å². The summed E-state index contributed by atoms with van der Waals surface area (Å²) in [5.41, 5.74) is 4.77. The second-order valence-corrected chi connectivity index (χ2v) is 5.31. The summed E-state index contributed by atoms with van der Waals surface area (Å²) in [5.74, 6) is 1.76. The van der Waals surface area contributed by atoms with Gasteiger partial charge in [0.1, 0.15) is 11.5 Å². The first kappa shape index (κ1) is 13.5. The summed E-state index contributed by atoms with van der Waals surface area (Å²) in [7, 11) is 0. The van der Waals surface area contributed by atoms with Crippen LogP contribution >= 0.6 is 0 Å². The van der Waals surface area contributed by atoms with Gasteiger partial charge in [0, 0.05) is 17.1 Å². The lowest BCUT2D eigenvalue weighted by atomic mass is 10.2. The molecule has 0 aliphatic rings. The second-order valence-electron chi connectivity index (χ2n) is 5.31. The van der Waals surface area contributed by atoms with Gasteiger partial charge in [0.2, 0.25) is 0 Å². The molecule has 3 aromatic rings. The number of ether oxygens (including phenoxy) is 1. The van der Waals surface area contributed by atoms with E-state index in [-0.39, 0.29) is 0 Å². The van der Waals surface area contributed by atoms with Gasteiger partial charge >= 0.3 is 0 Å². The fourth-order valence-electron chi connectivity index (χ4n) is 2.54. The first-order valence-corrected chi connectivity index (χ1v) is 7.14. The fourth-order valence-corrected chi connectivity index (χ4v) is 2.54. The van der Waals surface area contributed by atoms with Crippen LogP contribution in [-0.2, 0) is 0 Å². The molecule has 3 rings (SSSR count). The molecule has 0 saturated heterocycles. The molecule has 0 saturated carbocycles. The number of hydrogen-bond acceptors (Lipinski definition) is 1. The molecule has 0 radical (unpaired) electrons. The van der Waals surface area contributed by atoms with Crippen molar-refractivity contribution in [3.05, 3.63) is 77.6 Å². The maximum atomic E-state index is 5.93. The minimum absolute atomic E-state index is 0.857. The highest BCUT2D eigenvalue weighted by Gasteiger charge is 2.05. The summed E-state index contributed by atoms with van der Waals surface area (Å²) in [4.78, 5) is 0.